The first-order valence-electron chi connectivity index (χ1n) is 7.48. The number of rotatable bonds is 10. The standard InChI is InChI=1S/C12H20O4.C4H4O4/c1-3-5-9-15-11(13)7-8-12(14)16-10-6-4-2;5-3(6)1-2-4(7)8/h7-8H,3-6,9-10H2,1-2H3;1-2H,(H,5,6)(H,7,8). The average molecular weight is 344 g/mol. The number of carbonyl (C=O) groups excluding carboxylic acids is 2. The van der Waals surface area contributed by atoms with Crippen molar-refractivity contribution in [3.8, 4) is 0 Å². The molecule has 0 saturated heterocycles. The SMILES string of the molecule is CCCCOC(=O)C=CC(=O)OCCCC.O=C(O)C=CC(=O)O. The van der Waals surface area contributed by atoms with Gasteiger partial charge in [0.25, 0.3) is 0 Å². The van der Waals surface area contributed by atoms with Crippen LogP contribution in [0.3, 0.4) is 0 Å². The molecule has 0 atom stereocenters. The van der Waals surface area contributed by atoms with E-state index in [0.717, 1.165) is 37.8 Å². The second-order valence-corrected chi connectivity index (χ2v) is 4.39. The Bertz CT molecular complexity index is 411. The fourth-order valence-corrected chi connectivity index (χ4v) is 1.01. The van der Waals surface area contributed by atoms with E-state index in [0.29, 0.717) is 25.4 Å². The molecule has 136 valence electrons. The van der Waals surface area contributed by atoms with Crippen molar-refractivity contribution in [3.63, 3.8) is 0 Å². The van der Waals surface area contributed by atoms with Crippen LogP contribution in [0.5, 0.6) is 0 Å². The summed E-state index contributed by atoms with van der Waals surface area (Å²) < 4.78 is 9.65. The van der Waals surface area contributed by atoms with Crippen LogP contribution in [0.15, 0.2) is 24.3 Å². The minimum Gasteiger partial charge on any atom is -0.478 e. The number of ether oxygens (including phenoxy) is 2. The van der Waals surface area contributed by atoms with Gasteiger partial charge in [-0.1, -0.05) is 26.7 Å². The van der Waals surface area contributed by atoms with Crippen LogP contribution >= 0.6 is 0 Å². The van der Waals surface area contributed by atoms with Gasteiger partial charge in [-0.15, -0.1) is 0 Å². The molecule has 0 heterocycles. The third kappa shape index (κ3) is 21.7. The topological polar surface area (TPSA) is 127 Å². The lowest BCUT2D eigenvalue weighted by molar-refractivity contribution is -0.140. The van der Waals surface area contributed by atoms with Gasteiger partial charge in [0.15, 0.2) is 0 Å². The van der Waals surface area contributed by atoms with Crippen molar-refractivity contribution in [1.82, 2.24) is 0 Å². The van der Waals surface area contributed by atoms with Crippen LogP contribution in [0.25, 0.3) is 0 Å². The number of carbonyl (C=O) groups is 4. The Morgan fingerprint density at radius 1 is 0.708 bits per heavy atom. The molecule has 0 fully saturated rings. The fraction of sp³-hybridized carbons (Fsp3) is 0.500. The molecular weight excluding hydrogens is 320 g/mol. The van der Waals surface area contributed by atoms with Gasteiger partial charge in [-0.2, -0.15) is 0 Å². The zero-order valence-electron chi connectivity index (χ0n) is 13.9. The molecule has 0 saturated carbocycles. The van der Waals surface area contributed by atoms with E-state index in [1.807, 2.05) is 13.8 Å². The number of carboxylic acid groups (broad SMARTS) is 2. The molecule has 0 radical (unpaired) electrons. The van der Waals surface area contributed by atoms with Crippen molar-refractivity contribution >= 4 is 23.9 Å². The lowest BCUT2D eigenvalue weighted by Crippen LogP contribution is -2.05. The van der Waals surface area contributed by atoms with Gasteiger partial charge in [0.1, 0.15) is 0 Å². The van der Waals surface area contributed by atoms with Crippen molar-refractivity contribution in [3.05, 3.63) is 24.3 Å². The van der Waals surface area contributed by atoms with E-state index in [-0.39, 0.29) is 0 Å². The molecule has 8 heteroatoms. The normalized spacial score (nSPS) is 10.1. The maximum Gasteiger partial charge on any atom is 0.331 e. The largest absolute Gasteiger partial charge is 0.478 e. The number of carboxylic acids is 2. The number of hydrogen-bond acceptors (Lipinski definition) is 6. The van der Waals surface area contributed by atoms with Gasteiger partial charge < -0.3 is 19.7 Å². The van der Waals surface area contributed by atoms with Crippen LogP contribution in [0, 0.1) is 0 Å². The quantitative estimate of drug-likeness (QED) is 0.350. The van der Waals surface area contributed by atoms with E-state index < -0.39 is 23.9 Å². The van der Waals surface area contributed by atoms with E-state index in [9.17, 15) is 19.2 Å². The molecule has 0 aromatic heterocycles. The molecule has 0 aromatic rings. The Kier molecular flexibility index (Phi) is 16.5. The van der Waals surface area contributed by atoms with Gasteiger partial charge in [-0.05, 0) is 12.8 Å². The maximum atomic E-state index is 11.0. The highest BCUT2D eigenvalue weighted by atomic mass is 16.5. The van der Waals surface area contributed by atoms with Crippen LogP contribution < -0.4 is 0 Å². The lowest BCUT2D eigenvalue weighted by Gasteiger charge is -2.00. The summed E-state index contributed by atoms with van der Waals surface area (Å²) in [4.78, 5) is 41.2. The highest BCUT2D eigenvalue weighted by molar-refractivity contribution is 5.91. The number of aliphatic carboxylic acids is 2. The predicted octanol–water partition coefficient (Wildman–Crippen LogP) is 1.94. The van der Waals surface area contributed by atoms with Gasteiger partial charge in [-0.25, -0.2) is 19.2 Å². The van der Waals surface area contributed by atoms with E-state index >= 15 is 0 Å². The number of unbranched alkanes of at least 4 members (excludes halogenated alkanes) is 2. The van der Waals surface area contributed by atoms with E-state index in [1.54, 1.807) is 0 Å². The fourth-order valence-electron chi connectivity index (χ4n) is 1.01. The molecular formula is C16H24O8. The first-order valence-corrected chi connectivity index (χ1v) is 7.48. The van der Waals surface area contributed by atoms with E-state index in [2.05, 4.69) is 0 Å². The van der Waals surface area contributed by atoms with Gasteiger partial charge >= 0.3 is 23.9 Å². The molecule has 0 aliphatic rings. The van der Waals surface area contributed by atoms with Crippen molar-refractivity contribution in [2.75, 3.05) is 13.2 Å². The van der Waals surface area contributed by atoms with Crippen LogP contribution in [0.2, 0.25) is 0 Å². The molecule has 0 amide bonds. The molecule has 0 aliphatic carbocycles. The molecule has 0 unspecified atom stereocenters. The predicted molar refractivity (Wildman–Crippen MR) is 85.3 cm³/mol. The summed E-state index contributed by atoms with van der Waals surface area (Å²) in [7, 11) is 0. The maximum absolute atomic E-state index is 11.0. The number of esters is 2. The van der Waals surface area contributed by atoms with Crippen LogP contribution in [0.4, 0.5) is 0 Å². The monoisotopic (exact) mass is 344 g/mol. The molecule has 2 N–H and O–H groups in total. The Balaban J connectivity index is 0. The zero-order chi connectivity index (χ0) is 18.8. The first-order chi connectivity index (χ1) is 11.3. The van der Waals surface area contributed by atoms with Crippen LogP contribution in [0.1, 0.15) is 39.5 Å². The van der Waals surface area contributed by atoms with E-state index in [1.165, 1.54) is 0 Å². The van der Waals surface area contributed by atoms with Crippen LogP contribution in [-0.4, -0.2) is 47.3 Å². The van der Waals surface area contributed by atoms with Crippen LogP contribution in [-0.2, 0) is 28.7 Å². The highest BCUT2D eigenvalue weighted by Crippen LogP contribution is 1.92. The van der Waals surface area contributed by atoms with Crippen molar-refractivity contribution in [1.29, 1.82) is 0 Å². The summed E-state index contributed by atoms with van der Waals surface area (Å²) in [5.41, 5.74) is 0. The minimum absolute atomic E-state index is 0.393. The van der Waals surface area contributed by atoms with Gasteiger partial charge in [-0.3, -0.25) is 0 Å². The van der Waals surface area contributed by atoms with Gasteiger partial charge in [0.2, 0.25) is 0 Å². The summed E-state index contributed by atoms with van der Waals surface area (Å²) >= 11 is 0. The van der Waals surface area contributed by atoms with Gasteiger partial charge in [0.05, 0.1) is 13.2 Å². The smallest absolute Gasteiger partial charge is 0.331 e. The van der Waals surface area contributed by atoms with E-state index in [4.69, 9.17) is 19.7 Å². The zero-order valence-corrected chi connectivity index (χ0v) is 13.9. The second kappa shape index (κ2) is 16.7. The molecule has 0 aliphatic heterocycles. The minimum atomic E-state index is -1.26. The summed E-state index contributed by atoms with van der Waals surface area (Å²) in [6, 6.07) is 0. The highest BCUT2D eigenvalue weighted by Gasteiger charge is 2.00. The van der Waals surface area contributed by atoms with Crippen molar-refractivity contribution in [2.45, 2.75) is 39.5 Å². The summed E-state index contributed by atoms with van der Waals surface area (Å²) in [6.45, 7) is 4.80. The molecule has 24 heavy (non-hydrogen) atoms. The molecule has 0 rings (SSSR count). The van der Waals surface area contributed by atoms with Crippen molar-refractivity contribution < 1.29 is 38.9 Å². The molecule has 0 bridgehead atoms. The average Bonchev–Trinajstić information content (AvgIpc) is 2.52. The van der Waals surface area contributed by atoms with Crippen molar-refractivity contribution in [2.24, 2.45) is 0 Å². The Hall–Kier alpha value is -2.64. The second-order valence-electron chi connectivity index (χ2n) is 4.39. The Morgan fingerprint density at radius 3 is 1.29 bits per heavy atom. The van der Waals surface area contributed by atoms with Gasteiger partial charge in [0, 0.05) is 24.3 Å². The summed E-state index contributed by atoms with van der Waals surface area (Å²) in [5.74, 6) is -3.51. The molecule has 0 spiro atoms. The summed E-state index contributed by atoms with van der Waals surface area (Å²) in [5, 5.41) is 15.6. The molecule has 8 nitrogen and oxygen atoms in total. The lowest BCUT2D eigenvalue weighted by atomic mass is 10.4. The Labute approximate surface area is 140 Å². The number of hydrogen-bond donors (Lipinski definition) is 2. The third-order valence-electron chi connectivity index (χ3n) is 2.21. The third-order valence-corrected chi connectivity index (χ3v) is 2.21. The first kappa shape index (κ1) is 23.6. The summed E-state index contributed by atoms with van der Waals surface area (Å²) in [6.07, 6.45) is 6.92. The molecule has 0 aromatic carbocycles. The Morgan fingerprint density at radius 2 is 1.04 bits per heavy atom.